The molecule has 2 N–H and O–H groups in total. The Hall–Kier alpha value is -2.68. The molecule has 8 nitrogen and oxygen atoms in total. The first-order chi connectivity index (χ1) is 15.8. The Morgan fingerprint density at radius 1 is 1.24 bits per heavy atom. The molecule has 0 unspecified atom stereocenters. The smallest absolute Gasteiger partial charge is 0.276 e. The van der Waals surface area contributed by atoms with Crippen LogP contribution in [0.2, 0.25) is 0 Å². The second-order valence-electron chi connectivity index (χ2n) is 9.05. The molecule has 1 saturated carbocycles. The van der Waals surface area contributed by atoms with Crippen molar-refractivity contribution in [3.8, 4) is 0 Å². The van der Waals surface area contributed by atoms with Crippen molar-refractivity contribution in [1.82, 2.24) is 20.0 Å². The number of para-hydroxylation sites is 1. The molecule has 1 atom stereocenters. The summed E-state index contributed by atoms with van der Waals surface area (Å²) in [6, 6.07) is 8.96. The van der Waals surface area contributed by atoms with Crippen LogP contribution in [-0.2, 0) is 11.3 Å². The number of carbonyl (C=O) groups is 3. The quantitative estimate of drug-likeness (QED) is 0.582. The predicted molar refractivity (Wildman–Crippen MR) is 129 cm³/mol. The number of aromatic nitrogens is 2. The topological polar surface area (TPSA) is 96.3 Å². The Balaban J connectivity index is 1.61. The molecule has 2 aliphatic rings. The first-order valence-electron chi connectivity index (χ1n) is 11.6. The van der Waals surface area contributed by atoms with Gasteiger partial charge in [0.05, 0.1) is 12.2 Å². The van der Waals surface area contributed by atoms with Gasteiger partial charge in [-0.2, -0.15) is 5.10 Å². The highest BCUT2D eigenvalue weighted by atomic mass is 79.9. The van der Waals surface area contributed by atoms with E-state index in [2.05, 4.69) is 38.6 Å². The van der Waals surface area contributed by atoms with E-state index in [0.717, 1.165) is 43.0 Å². The summed E-state index contributed by atoms with van der Waals surface area (Å²) < 4.78 is 2.26. The van der Waals surface area contributed by atoms with Gasteiger partial charge < -0.3 is 15.5 Å². The van der Waals surface area contributed by atoms with Crippen LogP contribution in [0.3, 0.4) is 0 Å². The molecule has 1 fully saturated rings. The zero-order valence-corrected chi connectivity index (χ0v) is 20.7. The molecular formula is C24H30BrN5O3. The average molecular weight is 516 g/mol. The van der Waals surface area contributed by atoms with E-state index in [4.69, 9.17) is 0 Å². The van der Waals surface area contributed by atoms with E-state index in [0.29, 0.717) is 17.9 Å². The van der Waals surface area contributed by atoms with Gasteiger partial charge in [-0.15, -0.1) is 0 Å². The first kappa shape index (κ1) is 23.5. The molecule has 176 valence electrons. The van der Waals surface area contributed by atoms with Crippen LogP contribution < -0.4 is 10.6 Å². The fraction of sp³-hybridized carbons (Fsp3) is 0.500. The fourth-order valence-corrected chi connectivity index (χ4v) is 4.96. The summed E-state index contributed by atoms with van der Waals surface area (Å²) >= 11 is 3.42. The molecule has 0 spiro atoms. The van der Waals surface area contributed by atoms with Gasteiger partial charge in [0.25, 0.3) is 11.8 Å². The van der Waals surface area contributed by atoms with Gasteiger partial charge in [0, 0.05) is 23.1 Å². The summed E-state index contributed by atoms with van der Waals surface area (Å²) in [5.74, 6) is -0.834. The predicted octanol–water partition coefficient (Wildman–Crippen LogP) is 3.97. The number of rotatable bonds is 7. The van der Waals surface area contributed by atoms with Crippen LogP contribution >= 0.6 is 15.9 Å². The molecule has 2 aromatic rings. The minimum atomic E-state index is -1.07. The summed E-state index contributed by atoms with van der Waals surface area (Å²) in [7, 11) is 0. The zero-order valence-electron chi connectivity index (χ0n) is 19.1. The lowest BCUT2D eigenvalue weighted by Gasteiger charge is -2.43. The van der Waals surface area contributed by atoms with Crippen LogP contribution in [0.5, 0.6) is 0 Å². The Kier molecular flexibility index (Phi) is 6.88. The van der Waals surface area contributed by atoms with Crippen molar-refractivity contribution in [2.24, 2.45) is 0 Å². The molecule has 0 bridgehead atoms. The molecule has 0 radical (unpaired) electrons. The largest absolute Gasteiger partial charge is 0.351 e. The summed E-state index contributed by atoms with van der Waals surface area (Å²) in [4.78, 5) is 41.4. The molecule has 1 aromatic carbocycles. The molecule has 1 aromatic heterocycles. The summed E-state index contributed by atoms with van der Waals surface area (Å²) in [6.07, 6.45) is 5.86. The van der Waals surface area contributed by atoms with Crippen molar-refractivity contribution in [3.63, 3.8) is 0 Å². The van der Waals surface area contributed by atoms with Gasteiger partial charge in [0.1, 0.15) is 11.2 Å². The van der Waals surface area contributed by atoms with Crippen LogP contribution in [-0.4, -0.2) is 50.5 Å². The van der Waals surface area contributed by atoms with Crippen LogP contribution in [0.4, 0.5) is 5.69 Å². The minimum Gasteiger partial charge on any atom is -0.351 e. The van der Waals surface area contributed by atoms with Crippen molar-refractivity contribution in [1.29, 1.82) is 0 Å². The second kappa shape index (κ2) is 9.67. The van der Waals surface area contributed by atoms with E-state index in [1.807, 2.05) is 18.2 Å². The molecular weight excluding hydrogens is 486 g/mol. The van der Waals surface area contributed by atoms with Crippen molar-refractivity contribution >= 4 is 39.3 Å². The third kappa shape index (κ3) is 4.69. The van der Waals surface area contributed by atoms with Crippen molar-refractivity contribution in [2.45, 2.75) is 70.5 Å². The number of amides is 3. The van der Waals surface area contributed by atoms with E-state index >= 15 is 0 Å². The van der Waals surface area contributed by atoms with Gasteiger partial charge in [-0.1, -0.05) is 38.3 Å². The van der Waals surface area contributed by atoms with E-state index in [1.165, 1.54) is 10.7 Å². The van der Waals surface area contributed by atoms with Gasteiger partial charge >= 0.3 is 0 Å². The van der Waals surface area contributed by atoms with E-state index in [-0.39, 0.29) is 30.1 Å². The van der Waals surface area contributed by atoms with Crippen LogP contribution in [0.25, 0.3) is 0 Å². The lowest BCUT2D eigenvalue weighted by Crippen LogP contribution is -2.65. The van der Waals surface area contributed by atoms with Crippen LogP contribution in [0.1, 0.15) is 73.3 Å². The number of nitrogens with one attached hydrogen (secondary N) is 2. The standard InChI is InChI=1S/C24H30BrN5O3/c1-3-4-13-29-22(32)20-14-19(21(31)27-18-12-8-7-11-17(18)25)28-30(20)15-24(29,2)23(33)26-16-9-5-6-10-16/h7-8,11-12,14,16H,3-6,9-10,13,15H2,1-2H3,(H,26,33)(H,27,31)/t24-/m0/s1. The Morgan fingerprint density at radius 3 is 2.67 bits per heavy atom. The molecule has 33 heavy (non-hydrogen) atoms. The first-order valence-corrected chi connectivity index (χ1v) is 12.4. The summed E-state index contributed by atoms with van der Waals surface area (Å²) in [6.45, 7) is 4.54. The van der Waals surface area contributed by atoms with Crippen molar-refractivity contribution in [3.05, 3.63) is 46.2 Å². The summed E-state index contributed by atoms with van der Waals surface area (Å²) in [5, 5.41) is 10.4. The zero-order chi connectivity index (χ0) is 23.6. The van der Waals surface area contributed by atoms with E-state index in [9.17, 15) is 14.4 Å². The summed E-state index contributed by atoms with van der Waals surface area (Å²) in [5.41, 5.74) is 0.0222. The molecule has 9 heteroatoms. The normalized spacial score (nSPS) is 20.6. The SMILES string of the molecule is CCCCN1C(=O)c2cc(C(=O)Nc3ccccc3Br)nn2C[C@@]1(C)C(=O)NC1CCCC1. The molecule has 1 aliphatic heterocycles. The van der Waals surface area contributed by atoms with E-state index < -0.39 is 11.4 Å². The molecule has 4 rings (SSSR count). The van der Waals surface area contributed by atoms with Gasteiger partial charge in [-0.3, -0.25) is 19.1 Å². The van der Waals surface area contributed by atoms with Gasteiger partial charge in [0.2, 0.25) is 5.91 Å². The van der Waals surface area contributed by atoms with Crippen molar-refractivity contribution in [2.75, 3.05) is 11.9 Å². The van der Waals surface area contributed by atoms with Gasteiger partial charge in [-0.05, 0) is 54.2 Å². The van der Waals surface area contributed by atoms with Crippen molar-refractivity contribution < 1.29 is 14.4 Å². The molecule has 2 heterocycles. The molecule has 3 amide bonds. The molecule has 0 saturated heterocycles. The maximum Gasteiger partial charge on any atom is 0.276 e. The second-order valence-corrected chi connectivity index (χ2v) is 9.90. The highest BCUT2D eigenvalue weighted by Gasteiger charge is 2.48. The lowest BCUT2D eigenvalue weighted by molar-refractivity contribution is -0.133. The highest BCUT2D eigenvalue weighted by molar-refractivity contribution is 9.10. The average Bonchev–Trinajstić information content (AvgIpc) is 3.45. The number of benzene rings is 1. The number of hydrogen-bond acceptors (Lipinski definition) is 4. The van der Waals surface area contributed by atoms with Crippen LogP contribution in [0, 0.1) is 0 Å². The number of hydrogen-bond donors (Lipinski definition) is 2. The third-order valence-corrected chi connectivity index (χ3v) is 7.26. The number of carbonyl (C=O) groups excluding carboxylic acids is 3. The minimum absolute atomic E-state index is 0.144. The molecule has 1 aliphatic carbocycles. The van der Waals surface area contributed by atoms with Crippen LogP contribution in [0.15, 0.2) is 34.8 Å². The number of nitrogens with zero attached hydrogens (tertiary/aromatic N) is 3. The van der Waals surface area contributed by atoms with E-state index in [1.54, 1.807) is 17.9 Å². The monoisotopic (exact) mass is 515 g/mol. The third-order valence-electron chi connectivity index (χ3n) is 6.57. The number of anilines is 1. The van der Waals surface area contributed by atoms with Gasteiger partial charge in [0.15, 0.2) is 5.69 Å². The Bertz CT molecular complexity index is 1060. The number of halogens is 1. The number of fused-ring (bicyclic) bond motifs is 1. The number of unbranched alkanes of at least 4 members (excludes halogenated alkanes) is 1. The maximum atomic E-state index is 13.5. The highest BCUT2D eigenvalue weighted by Crippen LogP contribution is 2.30. The lowest BCUT2D eigenvalue weighted by atomic mass is 9.94. The fourth-order valence-electron chi connectivity index (χ4n) is 4.58. The van der Waals surface area contributed by atoms with Gasteiger partial charge in [-0.25, -0.2) is 0 Å². The Labute approximate surface area is 202 Å². The maximum absolute atomic E-state index is 13.5. The Morgan fingerprint density at radius 2 is 1.97 bits per heavy atom.